The number of hydrogen-bond donors (Lipinski definition) is 0. The molecule has 0 bridgehead atoms. The van der Waals surface area contributed by atoms with Crippen LogP contribution in [-0.2, 0) is 0 Å². The summed E-state index contributed by atoms with van der Waals surface area (Å²) < 4.78 is 4.74. The highest BCUT2D eigenvalue weighted by atomic mass is 15.1. The van der Waals surface area contributed by atoms with E-state index >= 15 is 0 Å². The fourth-order valence-corrected chi connectivity index (χ4v) is 6.64. The second kappa shape index (κ2) is 9.79. The molecule has 9 aromatic rings. The zero-order chi connectivity index (χ0) is 29.0. The van der Waals surface area contributed by atoms with Crippen molar-refractivity contribution >= 4 is 43.9 Å². The van der Waals surface area contributed by atoms with Crippen LogP contribution in [0.2, 0.25) is 0 Å². The number of benzene rings is 5. The first-order valence-corrected chi connectivity index (χ1v) is 14.8. The average Bonchev–Trinajstić information content (AvgIpc) is 3.62. The van der Waals surface area contributed by atoms with E-state index in [1.54, 1.807) is 0 Å². The molecule has 0 saturated heterocycles. The second-order valence-corrected chi connectivity index (χ2v) is 11.1. The SMILES string of the molecule is c1ccc(-c2cc(-c3ccccc3)cc(-n3c4ccccc4c4cnc5c6ncccc6n(-c6ccccc6)c5c43)c2)cc1. The summed E-state index contributed by atoms with van der Waals surface area (Å²) in [6.45, 7) is 0. The molecule has 0 unspecified atom stereocenters. The van der Waals surface area contributed by atoms with Crippen molar-refractivity contribution in [2.75, 3.05) is 0 Å². The lowest BCUT2D eigenvalue weighted by atomic mass is 9.98. The molecule has 4 nitrogen and oxygen atoms in total. The number of pyridine rings is 2. The molecule has 0 aliphatic rings. The molecule has 0 fully saturated rings. The largest absolute Gasteiger partial charge is 0.307 e. The lowest BCUT2D eigenvalue weighted by Gasteiger charge is -2.15. The average molecular weight is 563 g/mol. The first-order valence-electron chi connectivity index (χ1n) is 14.8. The third-order valence-electron chi connectivity index (χ3n) is 8.57. The van der Waals surface area contributed by atoms with Crippen molar-refractivity contribution in [3.05, 3.63) is 158 Å². The van der Waals surface area contributed by atoms with Crippen LogP contribution in [0.4, 0.5) is 0 Å². The summed E-state index contributed by atoms with van der Waals surface area (Å²) in [5, 5.41) is 2.28. The van der Waals surface area contributed by atoms with Gasteiger partial charge in [0.1, 0.15) is 11.0 Å². The number of aromatic nitrogens is 4. The summed E-state index contributed by atoms with van der Waals surface area (Å²) in [5.74, 6) is 0. The van der Waals surface area contributed by atoms with Crippen molar-refractivity contribution < 1.29 is 0 Å². The van der Waals surface area contributed by atoms with Gasteiger partial charge in [-0.1, -0.05) is 97.1 Å². The van der Waals surface area contributed by atoms with Gasteiger partial charge in [-0.25, -0.2) is 0 Å². The summed E-state index contributed by atoms with van der Waals surface area (Å²) in [7, 11) is 0. The highest BCUT2D eigenvalue weighted by Gasteiger charge is 2.23. The van der Waals surface area contributed by atoms with Gasteiger partial charge in [-0.2, -0.15) is 0 Å². The van der Waals surface area contributed by atoms with Crippen LogP contribution < -0.4 is 0 Å². The van der Waals surface area contributed by atoms with Gasteiger partial charge in [0.15, 0.2) is 0 Å². The molecule has 206 valence electrons. The first kappa shape index (κ1) is 24.6. The normalized spacial score (nSPS) is 11.6. The molecule has 4 heterocycles. The Morgan fingerprint density at radius 2 is 0.977 bits per heavy atom. The van der Waals surface area contributed by atoms with Crippen molar-refractivity contribution in [2.45, 2.75) is 0 Å². The third-order valence-corrected chi connectivity index (χ3v) is 8.57. The van der Waals surface area contributed by atoms with Gasteiger partial charge < -0.3 is 9.13 Å². The molecular weight excluding hydrogens is 536 g/mol. The standard InChI is InChI=1S/C40H26N4/c1-4-13-27(14-5-1)29-23-30(28-15-6-2-7-16-28)25-32(24-29)44-35-20-11-10-19-33(35)34-26-42-38-37-36(21-12-22-41-37)43(40(38)39(34)44)31-17-8-3-9-18-31/h1-26H. The van der Waals surface area contributed by atoms with Gasteiger partial charge in [0.05, 0.1) is 22.1 Å². The van der Waals surface area contributed by atoms with Crippen molar-refractivity contribution in [1.29, 1.82) is 0 Å². The van der Waals surface area contributed by atoms with Crippen molar-refractivity contribution in [3.8, 4) is 33.6 Å². The van der Waals surface area contributed by atoms with Crippen LogP contribution in [0.1, 0.15) is 0 Å². The maximum atomic E-state index is 5.07. The molecule has 0 aliphatic heterocycles. The molecular formula is C40H26N4. The number of nitrogens with zero attached hydrogens (tertiary/aromatic N) is 4. The monoisotopic (exact) mass is 562 g/mol. The van der Waals surface area contributed by atoms with Gasteiger partial charge in [0, 0.05) is 34.5 Å². The van der Waals surface area contributed by atoms with E-state index in [1.807, 2.05) is 18.5 Å². The van der Waals surface area contributed by atoms with Gasteiger partial charge >= 0.3 is 0 Å². The Hall–Kier alpha value is -6.00. The minimum atomic E-state index is 0.892. The molecule has 0 N–H and O–H groups in total. The van der Waals surface area contributed by atoms with Gasteiger partial charge in [0.2, 0.25) is 0 Å². The van der Waals surface area contributed by atoms with Crippen LogP contribution in [0.5, 0.6) is 0 Å². The van der Waals surface area contributed by atoms with E-state index in [1.165, 1.54) is 27.6 Å². The minimum Gasteiger partial charge on any atom is -0.307 e. The third kappa shape index (κ3) is 3.71. The van der Waals surface area contributed by atoms with Gasteiger partial charge in [-0.05, 0) is 70.8 Å². The molecule has 9 rings (SSSR count). The van der Waals surface area contributed by atoms with Crippen LogP contribution in [0.3, 0.4) is 0 Å². The van der Waals surface area contributed by atoms with Crippen molar-refractivity contribution in [2.24, 2.45) is 0 Å². The van der Waals surface area contributed by atoms with E-state index < -0.39 is 0 Å². The zero-order valence-corrected chi connectivity index (χ0v) is 23.8. The fourth-order valence-electron chi connectivity index (χ4n) is 6.64. The minimum absolute atomic E-state index is 0.892. The molecule has 5 aromatic carbocycles. The summed E-state index contributed by atoms with van der Waals surface area (Å²) >= 11 is 0. The van der Waals surface area contributed by atoms with Crippen LogP contribution in [-0.4, -0.2) is 19.1 Å². The molecule has 0 amide bonds. The molecule has 0 aliphatic carbocycles. The van der Waals surface area contributed by atoms with E-state index in [4.69, 9.17) is 9.97 Å². The predicted molar refractivity (Wildman–Crippen MR) is 182 cm³/mol. The maximum Gasteiger partial charge on any atom is 0.117 e. The number of para-hydroxylation sites is 2. The quantitative estimate of drug-likeness (QED) is 0.214. The Balaban J connectivity index is 1.48. The summed E-state index contributed by atoms with van der Waals surface area (Å²) in [4.78, 5) is 9.91. The van der Waals surface area contributed by atoms with E-state index in [0.717, 1.165) is 49.9 Å². The lowest BCUT2D eigenvalue weighted by molar-refractivity contribution is 1.14. The van der Waals surface area contributed by atoms with Gasteiger partial charge in [-0.3, -0.25) is 9.97 Å². The van der Waals surface area contributed by atoms with Gasteiger partial charge in [-0.15, -0.1) is 0 Å². The number of hydrogen-bond acceptors (Lipinski definition) is 2. The summed E-state index contributed by atoms with van der Waals surface area (Å²) in [5.41, 5.74) is 13.0. The second-order valence-electron chi connectivity index (χ2n) is 11.1. The fraction of sp³-hybridized carbons (Fsp3) is 0. The van der Waals surface area contributed by atoms with Gasteiger partial charge in [0.25, 0.3) is 0 Å². The van der Waals surface area contributed by atoms with E-state index in [0.29, 0.717) is 0 Å². The highest BCUT2D eigenvalue weighted by Crippen LogP contribution is 2.41. The highest BCUT2D eigenvalue weighted by molar-refractivity contribution is 6.21. The Labute approximate surface area is 254 Å². The Morgan fingerprint density at radius 3 is 1.68 bits per heavy atom. The Bertz CT molecular complexity index is 2420. The molecule has 0 spiro atoms. The Kier molecular flexibility index (Phi) is 5.47. The van der Waals surface area contributed by atoms with Crippen molar-refractivity contribution in [3.63, 3.8) is 0 Å². The smallest absolute Gasteiger partial charge is 0.117 e. The van der Waals surface area contributed by atoms with Crippen LogP contribution in [0.25, 0.3) is 77.5 Å². The van der Waals surface area contributed by atoms with E-state index in [-0.39, 0.29) is 0 Å². The molecule has 0 radical (unpaired) electrons. The van der Waals surface area contributed by atoms with E-state index in [2.05, 4.69) is 149 Å². The maximum absolute atomic E-state index is 5.07. The molecule has 4 heteroatoms. The number of rotatable bonds is 4. The predicted octanol–water partition coefficient (Wildman–Crippen LogP) is 10.0. The first-order chi connectivity index (χ1) is 21.8. The molecule has 0 atom stereocenters. The Morgan fingerprint density at radius 1 is 0.386 bits per heavy atom. The summed E-state index contributed by atoms with van der Waals surface area (Å²) in [6.07, 6.45) is 3.88. The molecule has 0 saturated carbocycles. The zero-order valence-electron chi connectivity index (χ0n) is 23.8. The van der Waals surface area contributed by atoms with E-state index in [9.17, 15) is 0 Å². The topological polar surface area (TPSA) is 35.6 Å². The van der Waals surface area contributed by atoms with Crippen LogP contribution in [0, 0.1) is 0 Å². The molecule has 4 aromatic heterocycles. The number of fused-ring (bicyclic) bond motifs is 7. The van der Waals surface area contributed by atoms with Crippen LogP contribution >= 0.6 is 0 Å². The lowest BCUT2D eigenvalue weighted by Crippen LogP contribution is -2.00. The molecule has 44 heavy (non-hydrogen) atoms. The van der Waals surface area contributed by atoms with Crippen LogP contribution in [0.15, 0.2) is 158 Å². The van der Waals surface area contributed by atoms with Crippen molar-refractivity contribution in [1.82, 2.24) is 19.1 Å². The summed E-state index contributed by atoms with van der Waals surface area (Å²) in [6, 6.07) is 51.5.